The number of phosphoric acid groups is 2. The van der Waals surface area contributed by atoms with Crippen molar-refractivity contribution in [3.63, 3.8) is 0 Å². The van der Waals surface area contributed by atoms with E-state index in [9.17, 15) is 43.2 Å². The molecule has 0 aliphatic rings. The van der Waals surface area contributed by atoms with Crippen LogP contribution in [0.2, 0.25) is 0 Å². The maximum atomic E-state index is 13.1. The first kappa shape index (κ1) is 94.1. The first-order valence-electron chi connectivity index (χ1n) is 40.1. The summed E-state index contributed by atoms with van der Waals surface area (Å²) in [6.45, 7) is 7.31. The van der Waals surface area contributed by atoms with Crippen molar-refractivity contribution in [1.82, 2.24) is 0 Å². The van der Waals surface area contributed by atoms with Crippen LogP contribution in [0.25, 0.3) is 0 Å². The number of ether oxygens (including phenoxy) is 4. The molecule has 0 aromatic rings. The number of hydrogen-bond acceptors (Lipinski definition) is 15. The molecule has 0 spiro atoms. The zero-order chi connectivity index (χ0) is 70.5. The van der Waals surface area contributed by atoms with Gasteiger partial charge in [0.25, 0.3) is 0 Å². The van der Waals surface area contributed by atoms with Gasteiger partial charge in [-0.1, -0.05) is 356 Å². The van der Waals surface area contributed by atoms with Crippen LogP contribution in [-0.2, 0) is 65.4 Å². The molecule has 0 radical (unpaired) electrons. The number of esters is 4. The molecule has 17 nitrogen and oxygen atoms in total. The van der Waals surface area contributed by atoms with E-state index in [0.29, 0.717) is 25.7 Å². The monoisotopic (exact) mass is 1410 g/mol. The first-order valence-corrected chi connectivity index (χ1v) is 43.1. The average Bonchev–Trinajstić information content (AvgIpc) is 1.85. The van der Waals surface area contributed by atoms with Crippen molar-refractivity contribution < 1.29 is 80.2 Å². The van der Waals surface area contributed by atoms with Gasteiger partial charge in [0, 0.05) is 25.7 Å². The summed E-state index contributed by atoms with van der Waals surface area (Å²) in [6.07, 6.45) is 59.5. The Morgan fingerprint density at radius 3 is 0.708 bits per heavy atom. The van der Waals surface area contributed by atoms with Crippen molar-refractivity contribution in [2.24, 2.45) is 5.92 Å². The minimum absolute atomic E-state index is 0.108. The molecule has 19 heteroatoms. The molecule has 0 saturated carbocycles. The summed E-state index contributed by atoms with van der Waals surface area (Å²) < 4.78 is 68.6. The third kappa shape index (κ3) is 70.5. The zero-order valence-corrected chi connectivity index (χ0v) is 64.3. The smallest absolute Gasteiger partial charge is 0.462 e. The molecule has 0 rings (SSSR count). The topological polar surface area (TPSA) is 237 Å². The summed E-state index contributed by atoms with van der Waals surface area (Å²) >= 11 is 0. The fourth-order valence-corrected chi connectivity index (χ4v) is 13.5. The Labute approximate surface area is 588 Å². The lowest BCUT2D eigenvalue weighted by molar-refractivity contribution is -0.161. The van der Waals surface area contributed by atoms with E-state index in [1.165, 1.54) is 231 Å². The summed E-state index contributed by atoms with van der Waals surface area (Å²) in [4.78, 5) is 72.9. The summed E-state index contributed by atoms with van der Waals surface area (Å²) in [5.74, 6) is -1.34. The van der Waals surface area contributed by atoms with E-state index in [-0.39, 0.29) is 25.7 Å². The van der Waals surface area contributed by atoms with E-state index in [4.69, 9.17) is 37.0 Å². The van der Waals surface area contributed by atoms with E-state index in [2.05, 4.69) is 34.6 Å². The number of aliphatic hydroxyl groups excluding tert-OH is 1. The minimum Gasteiger partial charge on any atom is -0.462 e. The Balaban J connectivity index is 5.24. The molecule has 0 aliphatic heterocycles. The summed E-state index contributed by atoms with van der Waals surface area (Å²) in [6, 6.07) is 0. The number of phosphoric ester groups is 2. The van der Waals surface area contributed by atoms with Crippen LogP contribution < -0.4 is 0 Å². The second-order valence-electron chi connectivity index (χ2n) is 28.2. The van der Waals surface area contributed by atoms with Gasteiger partial charge in [0.05, 0.1) is 26.4 Å². The molecule has 0 saturated heterocycles. The molecule has 0 aromatic carbocycles. The van der Waals surface area contributed by atoms with Crippen molar-refractivity contribution in [2.45, 2.75) is 425 Å². The molecule has 0 aromatic heterocycles. The molecule has 2 unspecified atom stereocenters. The van der Waals surface area contributed by atoms with Crippen LogP contribution in [0, 0.1) is 5.92 Å². The van der Waals surface area contributed by atoms with Gasteiger partial charge in [-0.25, -0.2) is 9.13 Å². The molecule has 0 bridgehead atoms. The molecule has 0 fully saturated rings. The highest BCUT2D eigenvalue weighted by molar-refractivity contribution is 7.47. The van der Waals surface area contributed by atoms with Gasteiger partial charge in [0.2, 0.25) is 0 Å². The average molecular weight is 1410 g/mol. The summed E-state index contributed by atoms with van der Waals surface area (Å²) in [5, 5.41) is 10.6. The first-order chi connectivity index (χ1) is 46.5. The third-order valence-electron chi connectivity index (χ3n) is 18.0. The SMILES string of the molecule is CCCCCCCCCCCCCCCCCCCCC(=O)O[C@H](COC(=O)CCCCCCCCCCCCCC(C)C)COP(=O)(O)OC[C@@H](O)COP(=O)(O)OC[C@@H](COC(=O)CCCCCCCCCCCCCC)OC(=O)CCCCCCCCCCCCCC. The van der Waals surface area contributed by atoms with E-state index < -0.39 is 97.5 Å². The van der Waals surface area contributed by atoms with Gasteiger partial charge in [-0.05, 0) is 31.6 Å². The molecule has 3 N–H and O–H groups in total. The van der Waals surface area contributed by atoms with Crippen LogP contribution in [0.1, 0.15) is 407 Å². The van der Waals surface area contributed by atoms with Gasteiger partial charge in [-0.3, -0.25) is 37.3 Å². The normalized spacial score (nSPS) is 13.9. The number of carbonyl (C=O) groups excluding carboxylic acids is 4. The number of hydrogen-bond donors (Lipinski definition) is 3. The van der Waals surface area contributed by atoms with Gasteiger partial charge in [0.1, 0.15) is 19.3 Å². The predicted molar refractivity (Wildman–Crippen MR) is 391 cm³/mol. The second kappa shape index (κ2) is 70.1. The molecular formula is C77H150O17P2. The fourth-order valence-electron chi connectivity index (χ4n) is 11.9. The standard InChI is InChI=1S/C77H150O17P2/c1-6-9-12-15-18-21-24-27-28-29-30-31-32-37-43-48-53-58-63-77(82)94-73(67-88-75(80)61-56-51-46-41-38-33-34-39-44-49-54-59-70(4)5)69-92-96(85,86)90-65-71(78)64-89-95(83,84)91-68-72(93-76(81)62-57-52-47-42-36-26-23-20-17-14-11-8-3)66-87-74(79)60-55-50-45-40-35-25-22-19-16-13-10-7-2/h70-73,78H,6-69H2,1-5H3,(H,83,84)(H,85,86)/t71-,72+,73+/m0/s1. The Morgan fingerprint density at radius 2 is 0.479 bits per heavy atom. The van der Waals surface area contributed by atoms with Crippen molar-refractivity contribution in [2.75, 3.05) is 39.6 Å². The molecule has 0 amide bonds. The highest BCUT2D eigenvalue weighted by Gasteiger charge is 2.30. The van der Waals surface area contributed by atoms with Crippen LogP contribution in [0.4, 0.5) is 0 Å². The number of aliphatic hydroxyl groups is 1. The van der Waals surface area contributed by atoms with E-state index in [1.807, 2.05) is 0 Å². The van der Waals surface area contributed by atoms with E-state index in [1.54, 1.807) is 0 Å². The highest BCUT2D eigenvalue weighted by atomic mass is 31.2. The number of unbranched alkanes of at least 4 members (excludes halogenated alkanes) is 49. The van der Waals surface area contributed by atoms with Crippen LogP contribution in [0.3, 0.4) is 0 Å². The minimum atomic E-state index is -4.96. The molecule has 96 heavy (non-hydrogen) atoms. The van der Waals surface area contributed by atoms with Crippen molar-refractivity contribution >= 4 is 39.5 Å². The van der Waals surface area contributed by atoms with E-state index >= 15 is 0 Å². The van der Waals surface area contributed by atoms with Crippen molar-refractivity contribution in [3.8, 4) is 0 Å². The van der Waals surface area contributed by atoms with Gasteiger partial charge < -0.3 is 33.8 Å². The third-order valence-corrected chi connectivity index (χ3v) is 19.9. The molecule has 0 aliphatic carbocycles. The maximum absolute atomic E-state index is 13.1. The van der Waals surface area contributed by atoms with Crippen molar-refractivity contribution in [1.29, 1.82) is 0 Å². The zero-order valence-electron chi connectivity index (χ0n) is 62.5. The molecule has 570 valence electrons. The van der Waals surface area contributed by atoms with Gasteiger partial charge >= 0.3 is 39.5 Å². The lowest BCUT2D eigenvalue weighted by Crippen LogP contribution is -2.30. The summed E-state index contributed by atoms with van der Waals surface area (Å²) in [7, 11) is -9.91. The Bertz CT molecular complexity index is 1840. The number of rotatable bonds is 77. The van der Waals surface area contributed by atoms with Crippen LogP contribution in [0.5, 0.6) is 0 Å². The quantitative estimate of drug-likeness (QED) is 0.0222. The molecular weight excluding hydrogens is 1260 g/mol. The summed E-state index contributed by atoms with van der Waals surface area (Å²) in [5.41, 5.74) is 0. The lowest BCUT2D eigenvalue weighted by atomic mass is 10.0. The Kier molecular flexibility index (Phi) is 68.7. The van der Waals surface area contributed by atoms with Crippen LogP contribution >= 0.6 is 15.6 Å². The second-order valence-corrected chi connectivity index (χ2v) is 31.1. The Morgan fingerprint density at radius 1 is 0.281 bits per heavy atom. The lowest BCUT2D eigenvalue weighted by Gasteiger charge is -2.21. The number of carbonyl (C=O) groups is 4. The predicted octanol–water partition coefficient (Wildman–Crippen LogP) is 22.9. The maximum Gasteiger partial charge on any atom is 0.472 e. The van der Waals surface area contributed by atoms with Gasteiger partial charge in [0.15, 0.2) is 12.2 Å². The van der Waals surface area contributed by atoms with Crippen molar-refractivity contribution in [3.05, 3.63) is 0 Å². The van der Waals surface area contributed by atoms with E-state index in [0.717, 1.165) is 95.8 Å². The highest BCUT2D eigenvalue weighted by Crippen LogP contribution is 2.45. The van der Waals surface area contributed by atoms with Gasteiger partial charge in [-0.15, -0.1) is 0 Å². The Hall–Kier alpha value is -1.94. The van der Waals surface area contributed by atoms with Crippen LogP contribution in [0.15, 0.2) is 0 Å². The van der Waals surface area contributed by atoms with Crippen LogP contribution in [-0.4, -0.2) is 96.7 Å². The fraction of sp³-hybridized carbons (Fsp3) is 0.948. The molecule has 5 atom stereocenters. The largest absolute Gasteiger partial charge is 0.472 e. The molecule has 0 heterocycles. The van der Waals surface area contributed by atoms with Gasteiger partial charge in [-0.2, -0.15) is 0 Å².